The Hall–Kier alpha value is -2.37. The van der Waals surface area contributed by atoms with E-state index in [0.717, 1.165) is 17.7 Å². The molecule has 0 radical (unpaired) electrons. The van der Waals surface area contributed by atoms with Gasteiger partial charge in [0, 0.05) is 25.4 Å². The van der Waals surface area contributed by atoms with Crippen LogP contribution in [0, 0.1) is 0 Å². The van der Waals surface area contributed by atoms with E-state index >= 15 is 0 Å². The number of amides is 1. The fourth-order valence-electron chi connectivity index (χ4n) is 2.65. The molecule has 1 aromatic carbocycles. The molecule has 3 nitrogen and oxygen atoms in total. The van der Waals surface area contributed by atoms with Gasteiger partial charge in [0.25, 0.3) is 0 Å². The number of hydrogen-bond donors (Lipinski definition) is 1. The predicted octanol–water partition coefficient (Wildman–Crippen LogP) is 4.23. The molecular formula is C19H19F3N2O. The zero-order chi connectivity index (χ0) is 17.9. The van der Waals surface area contributed by atoms with Crippen molar-refractivity contribution in [1.29, 1.82) is 0 Å². The van der Waals surface area contributed by atoms with Crippen molar-refractivity contribution >= 4 is 5.91 Å². The summed E-state index contributed by atoms with van der Waals surface area (Å²) in [5.41, 5.74) is 2.22. The van der Waals surface area contributed by atoms with Crippen molar-refractivity contribution < 1.29 is 18.0 Å². The molecule has 1 aromatic heterocycles. The molecule has 0 unspecified atom stereocenters. The molecule has 1 aliphatic carbocycles. The molecule has 0 saturated heterocycles. The summed E-state index contributed by atoms with van der Waals surface area (Å²) in [4.78, 5) is 16.1. The Morgan fingerprint density at radius 2 is 1.84 bits per heavy atom. The van der Waals surface area contributed by atoms with Crippen molar-refractivity contribution in [1.82, 2.24) is 10.3 Å². The number of benzene rings is 1. The van der Waals surface area contributed by atoms with Gasteiger partial charge in [-0.05, 0) is 54.0 Å². The fraction of sp³-hybridized carbons (Fsp3) is 0.368. The van der Waals surface area contributed by atoms with Crippen molar-refractivity contribution in [2.24, 2.45) is 0 Å². The van der Waals surface area contributed by atoms with Crippen molar-refractivity contribution in [3.63, 3.8) is 0 Å². The number of nitrogens with one attached hydrogen (secondary N) is 1. The number of carbonyl (C=O) groups excluding carboxylic acids is 1. The lowest BCUT2D eigenvalue weighted by Gasteiger charge is -2.08. The van der Waals surface area contributed by atoms with E-state index in [1.165, 1.54) is 30.5 Å². The van der Waals surface area contributed by atoms with Crippen LogP contribution >= 0.6 is 0 Å². The second-order valence-electron chi connectivity index (χ2n) is 6.37. The second-order valence-corrected chi connectivity index (χ2v) is 6.37. The first-order valence-electron chi connectivity index (χ1n) is 8.28. The summed E-state index contributed by atoms with van der Waals surface area (Å²) in [6, 6.07) is 6.99. The van der Waals surface area contributed by atoms with Crippen molar-refractivity contribution in [2.75, 3.05) is 0 Å². The van der Waals surface area contributed by atoms with E-state index in [4.69, 9.17) is 0 Å². The molecule has 0 atom stereocenters. The van der Waals surface area contributed by atoms with Crippen LogP contribution < -0.4 is 5.32 Å². The van der Waals surface area contributed by atoms with Gasteiger partial charge in [0.1, 0.15) is 0 Å². The van der Waals surface area contributed by atoms with Crippen molar-refractivity contribution in [2.45, 2.75) is 44.3 Å². The summed E-state index contributed by atoms with van der Waals surface area (Å²) < 4.78 is 37.5. The highest BCUT2D eigenvalue weighted by molar-refractivity contribution is 5.76. The highest BCUT2D eigenvalue weighted by Gasteiger charge is 2.29. The number of carbonyl (C=O) groups is 1. The van der Waals surface area contributed by atoms with Gasteiger partial charge < -0.3 is 5.32 Å². The maximum atomic E-state index is 12.5. The Morgan fingerprint density at radius 3 is 2.48 bits per heavy atom. The van der Waals surface area contributed by atoms with Gasteiger partial charge in [0.2, 0.25) is 5.91 Å². The second kappa shape index (κ2) is 7.25. The topological polar surface area (TPSA) is 42.0 Å². The third-order valence-corrected chi connectivity index (χ3v) is 4.28. The Labute approximate surface area is 144 Å². The molecule has 6 heteroatoms. The van der Waals surface area contributed by atoms with E-state index in [-0.39, 0.29) is 12.3 Å². The molecule has 0 spiro atoms. The lowest BCUT2D eigenvalue weighted by molar-refractivity contribution is -0.137. The first kappa shape index (κ1) is 17.5. The van der Waals surface area contributed by atoms with Crippen molar-refractivity contribution in [3.05, 3.63) is 65.0 Å². The number of halogens is 3. The molecule has 1 saturated carbocycles. The van der Waals surface area contributed by atoms with Gasteiger partial charge in [-0.1, -0.05) is 18.2 Å². The average molecular weight is 348 g/mol. The Balaban J connectivity index is 1.45. The third kappa shape index (κ3) is 5.05. The minimum Gasteiger partial charge on any atom is -0.352 e. The summed E-state index contributed by atoms with van der Waals surface area (Å²) in [5.74, 6) is 0.486. The minimum atomic E-state index is -4.33. The van der Waals surface area contributed by atoms with Crippen LogP contribution in [-0.2, 0) is 23.9 Å². The molecule has 3 rings (SSSR count). The van der Waals surface area contributed by atoms with Crippen LogP contribution in [0.1, 0.15) is 47.4 Å². The molecule has 1 amide bonds. The Morgan fingerprint density at radius 1 is 1.12 bits per heavy atom. The maximum Gasteiger partial charge on any atom is 0.416 e. The van der Waals surface area contributed by atoms with Crippen LogP contribution in [0.15, 0.2) is 42.7 Å². The molecule has 1 aliphatic rings. The Bertz CT molecular complexity index is 737. The predicted molar refractivity (Wildman–Crippen MR) is 87.8 cm³/mol. The molecule has 25 heavy (non-hydrogen) atoms. The summed E-state index contributed by atoms with van der Waals surface area (Å²) in [6.07, 6.45) is 2.31. The molecule has 2 aromatic rings. The largest absolute Gasteiger partial charge is 0.416 e. The normalized spacial score (nSPS) is 14.4. The third-order valence-electron chi connectivity index (χ3n) is 4.28. The van der Waals surface area contributed by atoms with Gasteiger partial charge in [-0.15, -0.1) is 0 Å². The minimum absolute atomic E-state index is 0.128. The van der Waals surface area contributed by atoms with Gasteiger partial charge >= 0.3 is 6.18 Å². The zero-order valence-corrected chi connectivity index (χ0v) is 13.6. The first-order valence-corrected chi connectivity index (χ1v) is 8.28. The first-order chi connectivity index (χ1) is 11.9. The molecule has 1 heterocycles. The van der Waals surface area contributed by atoms with Gasteiger partial charge in [-0.3, -0.25) is 9.78 Å². The molecule has 1 fully saturated rings. The van der Waals surface area contributed by atoms with E-state index in [0.29, 0.717) is 24.4 Å². The number of alkyl halides is 3. The summed E-state index contributed by atoms with van der Waals surface area (Å²) >= 11 is 0. The van der Waals surface area contributed by atoms with Crippen LogP contribution in [-0.4, -0.2) is 10.9 Å². The van der Waals surface area contributed by atoms with Gasteiger partial charge in [0.05, 0.1) is 5.56 Å². The summed E-state index contributed by atoms with van der Waals surface area (Å²) in [7, 11) is 0. The number of nitrogens with zero attached hydrogens (tertiary/aromatic N) is 1. The van der Waals surface area contributed by atoms with Gasteiger partial charge in [-0.2, -0.15) is 13.2 Å². The van der Waals surface area contributed by atoms with Crippen LogP contribution in [0.25, 0.3) is 0 Å². The average Bonchev–Trinajstić information content (AvgIpc) is 3.43. The van der Waals surface area contributed by atoms with E-state index < -0.39 is 11.7 Å². The van der Waals surface area contributed by atoms with E-state index in [9.17, 15) is 18.0 Å². The quantitative estimate of drug-likeness (QED) is 0.849. The number of hydrogen-bond acceptors (Lipinski definition) is 2. The number of rotatable bonds is 6. The maximum absolute atomic E-state index is 12.5. The molecule has 132 valence electrons. The highest BCUT2D eigenvalue weighted by Crippen LogP contribution is 2.39. The van der Waals surface area contributed by atoms with Crippen LogP contribution in [0.5, 0.6) is 0 Å². The lowest BCUT2D eigenvalue weighted by atomic mass is 10.1. The van der Waals surface area contributed by atoms with Gasteiger partial charge in [-0.25, -0.2) is 0 Å². The highest BCUT2D eigenvalue weighted by atomic mass is 19.4. The number of aryl methyl sites for hydroxylation is 1. The summed E-state index contributed by atoms with van der Waals surface area (Å²) in [5, 5.41) is 2.83. The summed E-state index contributed by atoms with van der Waals surface area (Å²) in [6.45, 7) is 0.416. The van der Waals surface area contributed by atoms with Crippen LogP contribution in [0.3, 0.4) is 0 Å². The van der Waals surface area contributed by atoms with E-state index in [2.05, 4.69) is 16.4 Å². The smallest absolute Gasteiger partial charge is 0.352 e. The standard InChI is InChI=1S/C19H19F3N2O/c20-19(21,22)17-6-1-13(2-7-17)3-8-18(25)24-11-14-9-16(12-23-10-14)15-4-5-15/h1-2,6-7,9-10,12,15H,3-5,8,11H2,(H,24,25). The Kier molecular flexibility index (Phi) is 5.06. The SMILES string of the molecule is O=C(CCc1ccc(C(F)(F)F)cc1)NCc1cncc(C2CC2)c1. The van der Waals surface area contributed by atoms with E-state index in [1.807, 2.05) is 6.20 Å². The number of aromatic nitrogens is 1. The van der Waals surface area contributed by atoms with Gasteiger partial charge in [0.15, 0.2) is 0 Å². The fourth-order valence-corrected chi connectivity index (χ4v) is 2.65. The van der Waals surface area contributed by atoms with Crippen LogP contribution in [0.4, 0.5) is 13.2 Å². The monoisotopic (exact) mass is 348 g/mol. The van der Waals surface area contributed by atoms with E-state index in [1.54, 1.807) is 6.20 Å². The zero-order valence-electron chi connectivity index (χ0n) is 13.6. The van der Waals surface area contributed by atoms with Crippen LogP contribution in [0.2, 0.25) is 0 Å². The molecule has 0 bridgehead atoms. The van der Waals surface area contributed by atoms with Crippen molar-refractivity contribution in [3.8, 4) is 0 Å². The number of pyridine rings is 1. The molecular weight excluding hydrogens is 329 g/mol. The molecule has 0 aliphatic heterocycles. The lowest BCUT2D eigenvalue weighted by Crippen LogP contribution is -2.23. The molecule has 1 N–H and O–H groups in total.